The number of halogens is 2. The predicted octanol–water partition coefficient (Wildman–Crippen LogP) is 3.08. The summed E-state index contributed by atoms with van der Waals surface area (Å²) in [5.41, 5.74) is 0.426. The summed E-state index contributed by atoms with van der Waals surface area (Å²) in [6.07, 6.45) is 0.742. The zero-order valence-corrected chi connectivity index (χ0v) is 15.5. The van der Waals surface area contributed by atoms with Crippen LogP contribution in [-0.2, 0) is 10.2 Å². The molecule has 120 valence electrons. The Bertz CT molecular complexity index is 567. The summed E-state index contributed by atoms with van der Waals surface area (Å²) in [7, 11) is -2.03. The topological polar surface area (TPSA) is 61.4 Å². The van der Waals surface area contributed by atoms with Crippen LogP contribution in [-0.4, -0.2) is 38.9 Å². The second kappa shape index (κ2) is 8.33. The fraction of sp³-hybridized carbons (Fsp3) is 0.538. The summed E-state index contributed by atoms with van der Waals surface area (Å²) in [4.78, 5) is 0. The number of anilines is 1. The van der Waals surface area contributed by atoms with Gasteiger partial charge in [-0.25, -0.2) is 0 Å². The van der Waals surface area contributed by atoms with Gasteiger partial charge >= 0.3 is 10.2 Å². The van der Waals surface area contributed by atoms with Crippen LogP contribution in [0, 0.1) is 0 Å². The molecule has 0 fully saturated rings. The minimum atomic E-state index is -3.59. The van der Waals surface area contributed by atoms with Gasteiger partial charge in [-0.15, -0.1) is 0 Å². The Kier molecular flexibility index (Phi) is 7.42. The van der Waals surface area contributed by atoms with Gasteiger partial charge < -0.3 is 5.32 Å². The maximum absolute atomic E-state index is 12.2. The average molecular weight is 399 g/mol. The van der Waals surface area contributed by atoms with E-state index in [2.05, 4.69) is 39.8 Å². The third kappa shape index (κ3) is 6.52. The summed E-state index contributed by atoms with van der Waals surface area (Å²) in [6.45, 7) is 5.32. The lowest BCUT2D eigenvalue weighted by atomic mass is 10.3. The average Bonchev–Trinajstić information content (AvgIpc) is 2.38. The molecule has 0 radical (unpaired) electrons. The van der Waals surface area contributed by atoms with Gasteiger partial charge in [-0.1, -0.05) is 25.4 Å². The molecule has 0 saturated carbocycles. The van der Waals surface area contributed by atoms with Crippen LogP contribution < -0.4 is 10.0 Å². The fourth-order valence-corrected chi connectivity index (χ4v) is 3.23. The number of nitrogens with zero attached hydrogens (tertiary/aromatic N) is 1. The molecule has 0 bridgehead atoms. The Hall–Kier alpha value is -0.340. The van der Waals surface area contributed by atoms with Gasteiger partial charge in [-0.2, -0.15) is 12.7 Å². The smallest absolute Gasteiger partial charge is 0.301 e. The molecule has 0 spiro atoms. The van der Waals surface area contributed by atoms with Crippen molar-refractivity contribution in [1.82, 2.24) is 9.62 Å². The molecule has 0 aromatic heterocycles. The van der Waals surface area contributed by atoms with Crippen molar-refractivity contribution in [3.8, 4) is 0 Å². The summed E-state index contributed by atoms with van der Waals surface area (Å²) < 4.78 is 28.9. The summed E-state index contributed by atoms with van der Waals surface area (Å²) >= 11 is 9.18. The van der Waals surface area contributed by atoms with Crippen molar-refractivity contribution in [2.24, 2.45) is 0 Å². The maximum Gasteiger partial charge on any atom is 0.301 e. The van der Waals surface area contributed by atoms with Crippen molar-refractivity contribution in [1.29, 1.82) is 0 Å². The molecule has 5 nitrogen and oxygen atoms in total. The molecule has 21 heavy (non-hydrogen) atoms. The van der Waals surface area contributed by atoms with Gasteiger partial charge in [-0.3, -0.25) is 4.72 Å². The molecular weight excluding hydrogens is 378 g/mol. The van der Waals surface area contributed by atoms with Crippen molar-refractivity contribution in [3.63, 3.8) is 0 Å². The van der Waals surface area contributed by atoms with E-state index in [9.17, 15) is 8.42 Å². The van der Waals surface area contributed by atoms with E-state index in [1.165, 1.54) is 4.31 Å². The Balaban J connectivity index is 2.61. The number of benzene rings is 1. The molecule has 0 aliphatic heterocycles. The van der Waals surface area contributed by atoms with E-state index in [1.54, 1.807) is 25.2 Å². The Labute approximate surface area is 140 Å². The molecule has 0 atom stereocenters. The first kappa shape index (κ1) is 18.7. The third-order valence-electron chi connectivity index (χ3n) is 2.78. The normalized spacial score (nSPS) is 12.1. The molecule has 1 aromatic carbocycles. The molecule has 0 saturated heterocycles. The Morgan fingerprint density at radius 1 is 1.38 bits per heavy atom. The highest BCUT2D eigenvalue weighted by Gasteiger charge is 2.18. The van der Waals surface area contributed by atoms with Crippen LogP contribution in [0.3, 0.4) is 0 Å². The maximum atomic E-state index is 12.2. The lowest BCUT2D eigenvalue weighted by Crippen LogP contribution is -2.35. The van der Waals surface area contributed by atoms with E-state index in [-0.39, 0.29) is 0 Å². The molecule has 0 heterocycles. The van der Waals surface area contributed by atoms with Crippen LogP contribution in [0.5, 0.6) is 0 Å². The molecule has 0 aliphatic carbocycles. The van der Waals surface area contributed by atoms with Crippen LogP contribution in [0.4, 0.5) is 5.69 Å². The highest BCUT2D eigenvalue weighted by molar-refractivity contribution is 9.10. The van der Waals surface area contributed by atoms with Crippen molar-refractivity contribution in [2.75, 3.05) is 24.9 Å². The van der Waals surface area contributed by atoms with E-state index < -0.39 is 10.2 Å². The number of nitrogens with one attached hydrogen (secondary N) is 2. The van der Waals surface area contributed by atoms with Crippen LogP contribution in [0.2, 0.25) is 5.02 Å². The van der Waals surface area contributed by atoms with E-state index >= 15 is 0 Å². The molecule has 0 aliphatic rings. The first-order valence-corrected chi connectivity index (χ1v) is 9.26. The van der Waals surface area contributed by atoms with E-state index in [0.717, 1.165) is 13.0 Å². The lowest BCUT2D eigenvalue weighted by molar-refractivity contribution is 0.451. The first-order chi connectivity index (χ1) is 9.72. The molecule has 0 amide bonds. The predicted molar refractivity (Wildman–Crippen MR) is 92.1 cm³/mol. The molecule has 1 rings (SSSR count). The lowest BCUT2D eigenvalue weighted by Gasteiger charge is -2.19. The zero-order chi connectivity index (χ0) is 16.0. The number of hydrogen-bond donors (Lipinski definition) is 2. The Morgan fingerprint density at radius 3 is 2.67 bits per heavy atom. The molecule has 0 unspecified atom stereocenters. The standard InChI is InChI=1S/C13H21BrClN3O2S/c1-10(2)16-7-4-8-18(3)21(19,20)17-13-9-11(15)5-6-12(13)14/h5-6,9-10,16-17H,4,7-8H2,1-3H3. The van der Waals surface area contributed by atoms with Gasteiger partial charge in [0, 0.05) is 29.1 Å². The van der Waals surface area contributed by atoms with Crippen LogP contribution >= 0.6 is 27.5 Å². The quantitative estimate of drug-likeness (QED) is 0.662. The largest absolute Gasteiger partial charge is 0.314 e. The molecule has 8 heteroatoms. The molecule has 2 N–H and O–H groups in total. The van der Waals surface area contributed by atoms with Gasteiger partial charge in [-0.05, 0) is 47.1 Å². The van der Waals surface area contributed by atoms with Crippen molar-refractivity contribution in [2.45, 2.75) is 26.3 Å². The number of hydrogen-bond acceptors (Lipinski definition) is 3. The summed E-state index contributed by atoms with van der Waals surface area (Å²) in [5.74, 6) is 0. The van der Waals surface area contributed by atoms with E-state index in [1.807, 2.05) is 0 Å². The highest BCUT2D eigenvalue weighted by Crippen LogP contribution is 2.27. The first-order valence-electron chi connectivity index (χ1n) is 6.65. The fourth-order valence-electron chi connectivity index (χ4n) is 1.61. The van der Waals surface area contributed by atoms with Crippen LogP contribution in [0.15, 0.2) is 22.7 Å². The van der Waals surface area contributed by atoms with Crippen LogP contribution in [0.25, 0.3) is 0 Å². The van der Waals surface area contributed by atoms with Crippen molar-refractivity contribution < 1.29 is 8.42 Å². The van der Waals surface area contributed by atoms with Gasteiger partial charge in [0.05, 0.1) is 5.69 Å². The van der Waals surface area contributed by atoms with E-state index in [0.29, 0.717) is 27.8 Å². The minimum Gasteiger partial charge on any atom is -0.314 e. The molecule has 1 aromatic rings. The summed E-state index contributed by atoms with van der Waals surface area (Å²) in [5, 5.41) is 3.72. The zero-order valence-electron chi connectivity index (χ0n) is 12.4. The van der Waals surface area contributed by atoms with Gasteiger partial charge in [0.25, 0.3) is 0 Å². The van der Waals surface area contributed by atoms with Gasteiger partial charge in [0.2, 0.25) is 0 Å². The second-order valence-corrected chi connectivity index (χ2v) is 8.08. The SMILES string of the molecule is CC(C)NCCCN(C)S(=O)(=O)Nc1cc(Cl)ccc1Br. The second-order valence-electron chi connectivity index (χ2n) is 5.02. The third-order valence-corrected chi connectivity index (χ3v) is 5.19. The highest BCUT2D eigenvalue weighted by atomic mass is 79.9. The summed E-state index contributed by atoms with van der Waals surface area (Å²) in [6, 6.07) is 5.35. The Morgan fingerprint density at radius 2 is 2.05 bits per heavy atom. The van der Waals surface area contributed by atoms with Gasteiger partial charge in [0.15, 0.2) is 0 Å². The molecular formula is C13H21BrClN3O2S. The minimum absolute atomic E-state index is 0.396. The van der Waals surface area contributed by atoms with Crippen LogP contribution in [0.1, 0.15) is 20.3 Å². The number of rotatable bonds is 8. The monoisotopic (exact) mass is 397 g/mol. The van der Waals surface area contributed by atoms with Crippen molar-refractivity contribution in [3.05, 3.63) is 27.7 Å². The van der Waals surface area contributed by atoms with E-state index in [4.69, 9.17) is 11.6 Å². The van der Waals surface area contributed by atoms with Crippen molar-refractivity contribution >= 4 is 43.4 Å². The van der Waals surface area contributed by atoms with Gasteiger partial charge in [0.1, 0.15) is 0 Å².